The van der Waals surface area contributed by atoms with Gasteiger partial charge in [0.05, 0.1) is 0 Å². The Hall–Kier alpha value is -1.81. The number of hydrogen-bond donors (Lipinski definition) is 1. The molecule has 0 amide bonds. The summed E-state index contributed by atoms with van der Waals surface area (Å²) in [6, 6.07) is 12.7. The van der Waals surface area contributed by atoms with Gasteiger partial charge >= 0.3 is 5.97 Å². The topological polar surface area (TPSA) is 46.5 Å². The van der Waals surface area contributed by atoms with Gasteiger partial charge in [-0.25, -0.2) is 4.79 Å². The van der Waals surface area contributed by atoms with E-state index in [-0.39, 0.29) is 23.3 Å². The summed E-state index contributed by atoms with van der Waals surface area (Å²) in [6.07, 6.45) is 0. The lowest BCUT2D eigenvalue weighted by molar-refractivity contribution is 0.0469. The first-order valence-corrected chi connectivity index (χ1v) is 7.82. The molecule has 0 aromatic heterocycles. The molecule has 0 radical (unpaired) electrons. The van der Waals surface area contributed by atoms with E-state index in [0.717, 1.165) is 5.56 Å². The zero-order valence-corrected chi connectivity index (χ0v) is 14.5. The summed E-state index contributed by atoms with van der Waals surface area (Å²) in [4.78, 5) is 12.0. The second-order valence-corrected chi connectivity index (χ2v) is 7.10. The van der Waals surface area contributed by atoms with Gasteiger partial charge in [0.1, 0.15) is 17.9 Å². The van der Waals surface area contributed by atoms with Gasteiger partial charge in [-0.15, -0.1) is 0 Å². The van der Waals surface area contributed by atoms with Gasteiger partial charge in [-0.3, -0.25) is 0 Å². The van der Waals surface area contributed by atoms with Gasteiger partial charge in [-0.05, 0) is 34.7 Å². The summed E-state index contributed by atoms with van der Waals surface area (Å²) in [5, 5.41) is 9.71. The Morgan fingerprint density at radius 2 is 1.77 bits per heavy atom. The Balaban J connectivity index is 2.04. The highest BCUT2D eigenvalue weighted by Gasteiger charge is 2.15. The van der Waals surface area contributed by atoms with Gasteiger partial charge < -0.3 is 9.84 Å². The maximum Gasteiger partial charge on any atom is 0.342 e. The molecule has 0 atom stereocenters. The van der Waals surface area contributed by atoms with E-state index in [4.69, 9.17) is 4.74 Å². The first-order chi connectivity index (χ1) is 10.3. The average Bonchev–Trinajstić information content (AvgIpc) is 2.47. The van der Waals surface area contributed by atoms with Crippen LogP contribution in [0.4, 0.5) is 0 Å². The number of carbonyl (C=O) groups excluding carboxylic acids is 1. The van der Waals surface area contributed by atoms with E-state index >= 15 is 0 Å². The molecule has 2 rings (SSSR count). The van der Waals surface area contributed by atoms with Crippen molar-refractivity contribution in [2.24, 2.45) is 0 Å². The molecule has 3 nitrogen and oxygen atoms in total. The molecule has 0 bridgehead atoms. The van der Waals surface area contributed by atoms with Crippen molar-refractivity contribution in [3.05, 3.63) is 63.6 Å². The van der Waals surface area contributed by atoms with Crippen LogP contribution in [-0.4, -0.2) is 11.1 Å². The van der Waals surface area contributed by atoms with Crippen molar-refractivity contribution >= 4 is 21.9 Å². The Labute approximate surface area is 139 Å². The molecule has 0 aliphatic rings. The molecule has 1 N–H and O–H groups in total. The van der Waals surface area contributed by atoms with E-state index in [1.54, 1.807) is 12.1 Å². The molecular weight excluding hydrogens is 344 g/mol. The van der Waals surface area contributed by atoms with Gasteiger partial charge in [0.15, 0.2) is 0 Å². The van der Waals surface area contributed by atoms with Crippen LogP contribution in [0.5, 0.6) is 5.75 Å². The smallest absolute Gasteiger partial charge is 0.342 e. The Morgan fingerprint density at radius 1 is 1.14 bits per heavy atom. The number of ether oxygens (including phenoxy) is 1. The van der Waals surface area contributed by atoms with Crippen LogP contribution in [0.15, 0.2) is 46.9 Å². The first kappa shape index (κ1) is 16.6. The monoisotopic (exact) mass is 362 g/mol. The molecule has 4 heteroatoms. The quantitative estimate of drug-likeness (QED) is 0.796. The summed E-state index contributed by atoms with van der Waals surface area (Å²) in [5.41, 5.74) is 2.39. The molecule has 0 saturated heterocycles. The largest absolute Gasteiger partial charge is 0.507 e. The minimum absolute atomic E-state index is 0.0868. The van der Waals surface area contributed by atoms with Crippen LogP contribution in [0, 0.1) is 0 Å². The molecule has 2 aromatic carbocycles. The van der Waals surface area contributed by atoms with Gasteiger partial charge in [0.2, 0.25) is 0 Å². The molecule has 0 saturated carbocycles. The number of hydrogen-bond acceptors (Lipinski definition) is 3. The van der Waals surface area contributed by atoms with Crippen LogP contribution in [0.3, 0.4) is 0 Å². The number of carbonyl (C=O) groups is 1. The highest BCUT2D eigenvalue weighted by molar-refractivity contribution is 9.10. The summed E-state index contributed by atoms with van der Waals surface area (Å²) in [5.74, 6) is -0.630. The van der Waals surface area contributed by atoms with Crippen LogP contribution in [-0.2, 0) is 16.8 Å². The highest BCUT2D eigenvalue weighted by atomic mass is 79.9. The lowest BCUT2D eigenvalue weighted by Crippen LogP contribution is -2.11. The van der Waals surface area contributed by atoms with Crippen molar-refractivity contribution in [3.8, 4) is 5.75 Å². The third kappa shape index (κ3) is 4.10. The fraction of sp³-hybridized carbons (Fsp3) is 0.278. The molecule has 0 spiro atoms. The number of phenolic OH excluding ortho intramolecular Hbond substituents is 1. The van der Waals surface area contributed by atoms with E-state index in [0.29, 0.717) is 4.47 Å². The highest BCUT2D eigenvalue weighted by Crippen LogP contribution is 2.24. The van der Waals surface area contributed by atoms with E-state index in [1.165, 1.54) is 11.6 Å². The van der Waals surface area contributed by atoms with Crippen molar-refractivity contribution in [3.63, 3.8) is 0 Å². The molecule has 116 valence electrons. The molecule has 0 heterocycles. The van der Waals surface area contributed by atoms with E-state index < -0.39 is 5.97 Å². The molecular formula is C18H19BrO3. The van der Waals surface area contributed by atoms with Crippen LogP contribution >= 0.6 is 15.9 Å². The maximum atomic E-state index is 12.0. The number of benzene rings is 2. The molecule has 0 aliphatic heterocycles. The van der Waals surface area contributed by atoms with Crippen LogP contribution in [0.1, 0.15) is 42.3 Å². The molecule has 22 heavy (non-hydrogen) atoms. The number of phenols is 1. The maximum absolute atomic E-state index is 12.0. The van der Waals surface area contributed by atoms with Gasteiger partial charge in [-0.2, -0.15) is 0 Å². The van der Waals surface area contributed by atoms with Gasteiger partial charge in [0, 0.05) is 4.47 Å². The zero-order valence-electron chi connectivity index (χ0n) is 12.9. The van der Waals surface area contributed by atoms with E-state index in [1.807, 2.05) is 24.3 Å². The lowest BCUT2D eigenvalue weighted by Gasteiger charge is -2.19. The van der Waals surface area contributed by atoms with Crippen molar-refractivity contribution < 1.29 is 14.6 Å². The molecule has 2 aromatic rings. The van der Waals surface area contributed by atoms with Gasteiger partial charge in [0.25, 0.3) is 0 Å². The fourth-order valence-corrected chi connectivity index (χ4v) is 2.36. The van der Waals surface area contributed by atoms with E-state index in [9.17, 15) is 9.90 Å². The third-order valence-corrected chi connectivity index (χ3v) is 3.86. The van der Waals surface area contributed by atoms with Crippen molar-refractivity contribution in [2.75, 3.05) is 0 Å². The van der Waals surface area contributed by atoms with Crippen molar-refractivity contribution in [1.82, 2.24) is 0 Å². The second-order valence-electron chi connectivity index (χ2n) is 6.18. The van der Waals surface area contributed by atoms with Crippen LogP contribution in [0.25, 0.3) is 0 Å². The number of halogens is 1. The Morgan fingerprint density at radius 3 is 2.36 bits per heavy atom. The number of rotatable bonds is 3. The SMILES string of the molecule is CC(C)(C)c1ccc(COC(=O)c2cc(Br)ccc2O)cc1. The molecule has 0 unspecified atom stereocenters. The molecule has 0 fully saturated rings. The average molecular weight is 363 g/mol. The standard InChI is InChI=1S/C18H19BrO3/c1-18(2,3)13-6-4-12(5-7-13)11-22-17(21)15-10-14(19)8-9-16(15)20/h4-10,20H,11H2,1-3H3. The fourth-order valence-electron chi connectivity index (χ4n) is 2.00. The van der Waals surface area contributed by atoms with Crippen molar-refractivity contribution in [2.45, 2.75) is 32.8 Å². The minimum Gasteiger partial charge on any atom is -0.507 e. The third-order valence-electron chi connectivity index (χ3n) is 3.37. The normalized spacial score (nSPS) is 11.3. The number of esters is 1. The van der Waals surface area contributed by atoms with Gasteiger partial charge in [-0.1, -0.05) is 61.0 Å². The Kier molecular flexibility index (Phi) is 4.91. The summed E-state index contributed by atoms with van der Waals surface area (Å²) in [6.45, 7) is 6.63. The summed E-state index contributed by atoms with van der Waals surface area (Å²) < 4.78 is 5.97. The van der Waals surface area contributed by atoms with E-state index in [2.05, 4.69) is 36.7 Å². The summed E-state index contributed by atoms with van der Waals surface area (Å²) >= 11 is 3.27. The molecule has 0 aliphatic carbocycles. The lowest BCUT2D eigenvalue weighted by atomic mass is 9.87. The predicted octanol–water partition coefficient (Wildman–Crippen LogP) is 4.81. The summed E-state index contributed by atoms with van der Waals surface area (Å²) in [7, 11) is 0. The minimum atomic E-state index is -0.543. The Bertz CT molecular complexity index is 670. The zero-order chi connectivity index (χ0) is 16.3. The second kappa shape index (κ2) is 6.53. The van der Waals surface area contributed by atoms with Crippen LogP contribution < -0.4 is 0 Å². The predicted molar refractivity (Wildman–Crippen MR) is 90.1 cm³/mol. The van der Waals surface area contributed by atoms with Crippen LogP contribution in [0.2, 0.25) is 0 Å². The van der Waals surface area contributed by atoms with Crippen molar-refractivity contribution in [1.29, 1.82) is 0 Å². The number of aromatic hydroxyl groups is 1. The first-order valence-electron chi connectivity index (χ1n) is 7.02.